The summed E-state index contributed by atoms with van der Waals surface area (Å²) in [4.78, 5) is 27.9. The molecule has 0 saturated heterocycles. The molecule has 184 valence electrons. The number of benzene rings is 2. The van der Waals surface area contributed by atoms with Gasteiger partial charge in [0.1, 0.15) is 12.1 Å². The molecule has 7 nitrogen and oxygen atoms in total. The standard InChI is InChI=1S/C25H24F3N3O4/c1-34-23(32)10-14-2-4-15(5-3-14)16-6-8-17(9-7-16)29-24(33)22-13-35-25(31-22)30-21-12-19(27)18(26)11-20(21)28/h6-9,11-15H,2-5,10H2,1H3,(H,29,33)(H,30,31). The Hall–Kier alpha value is -3.82. The highest BCUT2D eigenvalue weighted by molar-refractivity contribution is 6.02. The summed E-state index contributed by atoms with van der Waals surface area (Å²) in [6.45, 7) is 0. The van der Waals surface area contributed by atoms with E-state index in [1.54, 1.807) is 12.1 Å². The fourth-order valence-corrected chi connectivity index (χ4v) is 4.22. The minimum atomic E-state index is -1.32. The number of nitrogens with zero attached hydrogens (tertiary/aromatic N) is 1. The Morgan fingerprint density at radius 3 is 2.40 bits per heavy atom. The van der Waals surface area contributed by atoms with Crippen LogP contribution < -0.4 is 10.6 Å². The molecule has 4 rings (SSSR count). The van der Waals surface area contributed by atoms with Crippen LogP contribution in [0.4, 0.5) is 30.6 Å². The number of methoxy groups -OCH3 is 1. The predicted molar refractivity (Wildman–Crippen MR) is 122 cm³/mol. The first-order valence-electron chi connectivity index (χ1n) is 11.2. The summed E-state index contributed by atoms with van der Waals surface area (Å²) in [5.41, 5.74) is 1.26. The zero-order valence-electron chi connectivity index (χ0n) is 18.9. The first-order valence-corrected chi connectivity index (χ1v) is 11.2. The zero-order valence-corrected chi connectivity index (χ0v) is 18.9. The highest BCUT2D eigenvalue weighted by atomic mass is 19.2. The summed E-state index contributed by atoms with van der Waals surface area (Å²) < 4.78 is 50.0. The lowest BCUT2D eigenvalue weighted by Gasteiger charge is -2.28. The van der Waals surface area contributed by atoms with E-state index in [-0.39, 0.29) is 23.4 Å². The molecule has 0 aliphatic heterocycles. The molecule has 1 aromatic heterocycles. The maximum Gasteiger partial charge on any atom is 0.305 e. The second kappa shape index (κ2) is 10.6. The van der Waals surface area contributed by atoms with E-state index in [1.807, 2.05) is 12.1 Å². The number of carbonyl (C=O) groups is 2. The van der Waals surface area contributed by atoms with E-state index in [9.17, 15) is 22.8 Å². The molecule has 10 heteroatoms. The number of oxazole rings is 1. The Balaban J connectivity index is 1.32. The van der Waals surface area contributed by atoms with Crippen molar-refractivity contribution in [3.8, 4) is 0 Å². The summed E-state index contributed by atoms with van der Waals surface area (Å²) in [6.07, 6.45) is 5.44. The lowest BCUT2D eigenvalue weighted by Crippen LogP contribution is -2.17. The SMILES string of the molecule is COC(=O)CC1CCC(c2ccc(NC(=O)c3coc(Nc4cc(F)c(F)cc4F)n3)cc2)CC1. The molecule has 35 heavy (non-hydrogen) atoms. The van der Waals surface area contributed by atoms with Gasteiger partial charge >= 0.3 is 5.97 Å². The van der Waals surface area contributed by atoms with Crippen molar-refractivity contribution in [1.82, 2.24) is 4.98 Å². The minimum absolute atomic E-state index is 0.0801. The zero-order chi connectivity index (χ0) is 24.9. The molecule has 1 saturated carbocycles. The normalized spacial score (nSPS) is 17.6. The summed E-state index contributed by atoms with van der Waals surface area (Å²) in [5.74, 6) is -3.56. The molecule has 2 aromatic carbocycles. The Bertz CT molecular complexity index is 1210. The van der Waals surface area contributed by atoms with Gasteiger partial charge in [0.05, 0.1) is 12.8 Å². The van der Waals surface area contributed by atoms with E-state index in [1.165, 1.54) is 12.7 Å². The van der Waals surface area contributed by atoms with Crippen LogP contribution in [0.25, 0.3) is 0 Å². The number of rotatable bonds is 7. The fraction of sp³-hybridized carbons (Fsp3) is 0.320. The molecule has 1 amide bonds. The smallest absolute Gasteiger partial charge is 0.305 e. The largest absolute Gasteiger partial charge is 0.469 e. The van der Waals surface area contributed by atoms with Gasteiger partial charge in [-0.25, -0.2) is 13.2 Å². The van der Waals surface area contributed by atoms with Crippen molar-refractivity contribution in [3.63, 3.8) is 0 Å². The van der Waals surface area contributed by atoms with Crippen molar-refractivity contribution in [3.05, 3.63) is 71.4 Å². The Labute approximate surface area is 199 Å². The quantitative estimate of drug-likeness (QED) is 0.317. The predicted octanol–water partition coefficient (Wildman–Crippen LogP) is 5.92. The number of hydrogen-bond acceptors (Lipinski definition) is 6. The highest BCUT2D eigenvalue weighted by Gasteiger charge is 2.24. The Morgan fingerprint density at radius 1 is 1.03 bits per heavy atom. The third kappa shape index (κ3) is 6.00. The third-order valence-corrected chi connectivity index (χ3v) is 6.16. The van der Waals surface area contributed by atoms with Crippen molar-refractivity contribution in [2.75, 3.05) is 17.7 Å². The average Bonchev–Trinajstić information content (AvgIpc) is 3.32. The molecule has 3 aromatic rings. The van der Waals surface area contributed by atoms with Gasteiger partial charge in [-0.05, 0) is 55.2 Å². The van der Waals surface area contributed by atoms with Crippen molar-refractivity contribution >= 4 is 29.3 Å². The second-order valence-electron chi connectivity index (χ2n) is 8.48. The minimum Gasteiger partial charge on any atom is -0.469 e. The van der Waals surface area contributed by atoms with Crippen molar-refractivity contribution in [2.45, 2.75) is 38.0 Å². The summed E-state index contributed by atoms with van der Waals surface area (Å²) >= 11 is 0. The van der Waals surface area contributed by atoms with Crippen molar-refractivity contribution < 1.29 is 31.9 Å². The lowest BCUT2D eigenvalue weighted by molar-refractivity contribution is -0.142. The summed E-state index contributed by atoms with van der Waals surface area (Å²) in [6, 6.07) is 8.28. The number of nitrogens with one attached hydrogen (secondary N) is 2. The molecule has 0 spiro atoms. The first kappa shape index (κ1) is 24.3. The average molecular weight is 487 g/mol. The molecule has 1 fully saturated rings. The van der Waals surface area contributed by atoms with Crippen molar-refractivity contribution in [2.24, 2.45) is 5.92 Å². The molecule has 1 aliphatic carbocycles. The molecule has 0 atom stereocenters. The van der Waals surface area contributed by atoms with Crippen LogP contribution >= 0.6 is 0 Å². The van der Waals surface area contributed by atoms with Gasteiger partial charge in [0.25, 0.3) is 11.9 Å². The van der Waals surface area contributed by atoms with Crippen LogP contribution in [0.15, 0.2) is 47.1 Å². The van der Waals surface area contributed by atoms with Gasteiger partial charge in [0, 0.05) is 24.2 Å². The topological polar surface area (TPSA) is 93.5 Å². The third-order valence-electron chi connectivity index (χ3n) is 6.16. The number of halogens is 3. The van der Waals surface area contributed by atoms with E-state index >= 15 is 0 Å². The molecule has 0 unspecified atom stereocenters. The number of esters is 1. The second-order valence-corrected chi connectivity index (χ2v) is 8.48. The molecular weight excluding hydrogens is 463 g/mol. The van der Waals surface area contributed by atoms with Gasteiger partial charge in [0.2, 0.25) is 0 Å². The maximum absolute atomic E-state index is 13.8. The number of anilines is 3. The molecule has 2 N–H and O–H groups in total. The molecular formula is C25H24F3N3O4. The number of carbonyl (C=O) groups excluding carboxylic acids is 2. The Morgan fingerprint density at radius 2 is 1.71 bits per heavy atom. The van der Waals surface area contributed by atoms with Gasteiger partial charge in [-0.3, -0.25) is 9.59 Å². The van der Waals surface area contributed by atoms with E-state index < -0.39 is 23.4 Å². The highest BCUT2D eigenvalue weighted by Crippen LogP contribution is 2.37. The summed E-state index contributed by atoms with van der Waals surface area (Å²) in [7, 11) is 1.41. The van der Waals surface area contributed by atoms with Gasteiger partial charge in [-0.1, -0.05) is 12.1 Å². The fourth-order valence-electron chi connectivity index (χ4n) is 4.22. The monoisotopic (exact) mass is 487 g/mol. The van der Waals surface area contributed by atoms with E-state index in [0.717, 1.165) is 31.9 Å². The lowest BCUT2D eigenvalue weighted by atomic mass is 9.77. The van der Waals surface area contributed by atoms with E-state index in [2.05, 4.69) is 15.6 Å². The number of ether oxygens (including phenoxy) is 1. The maximum atomic E-state index is 13.8. The van der Waals surface area contributed by atoms with Crippen molar-refractivity contribution in [1.29, 1.82) is 0 Å². The number of aromatic nitrogens is 1. The molecule has 0 bridgehead atoms. The van der Waals surface area contributed by atoms with Crippen LogP contribution in [0.1, 0.15) is 54.1 Å². The first-order chi connectivity index (χ1) is 16.8. The molecule has 1 heterocycles. The van der Waals surface area contributed by atoms with Gasteiger partial charge in [-0.15, -0.1) is 0 Å². The number of amides is 1. The van der Waals surface area contributed by atoms with E-state index in [4.69, 9.17) is 9.15 Å². The van der Waals surface area contributed by atoms with Crippen LogP contribution in [0.2, 0.25) is 0 Å². The van der Waals surface area contributed by atoms with Crippen LogP contribution in [-0.4, -0.2) is 24.0 Å². The Kier molecular flexibility index (Phi) is 7.38. The van der Waals surface area contributed by atoms with Gasteiger partial charge in [-0.2, -0.15) is 4.98 Å². The number of hydrogen-bond donors (Lipinski definition) is 2. The van der Waals surface area contributed by atoms with Crippen LogP contribution in [0.5, 0.6) is 0 Å². The van der Waals surface area contributed by atoms with Gasteiger partial charge < -0.3 is 19.8 Å². The van der Waals surface area contributed by atoms with E-state index in [0.29, 0.717) is 36.1 Å². The van der Waals surface area contributed by atoms with Crippen LogP contribution in [-0.2, 0) is 9.53 Å². The molecule has 1 aliphatic rings. The summed E-state index contributed by atoms with van der Waals surface area (Å²) in [5, 5.41) is 5.08. The molecule has 0 radical (unpaired) electrons. The van der Waals surface area contributed by atoms with Gasteiger partial charge in [0.15, 0.2) is 17.3 Å². The van der Waals surface area contributed by atoms with Crippen LogP contribution in [0, 0.1) is 23.4 Å². The van der Waals surface area contributed by atoms with Crippen LogP contribution in [0.3, 0.4) is 0 Å².